The van der Waals surface area contributed by atoms with Gasteiger partial charge in [0.2, 0.25) is 5.95 Å². The Morgan fingerprint density at radius 2 is 2.33 bits per heavy atom. The predicted octanol–water partition coefficient (Wildman–Crippen LogP) is 1.26. The molecule has 2 aromatic heterocycles. The van der Waals surface area contributed by atoms with Gasteiger partial charge in [-0.3, -0.25) is 5.10 Å². The summed E-state index contributed by atoms with van der Waals surface area (Å²) in [7, 11) is 0. The molecule has 18 heavy (non-hydrogen) atoms. The molecular formula is C12H17N5S. The first kappa shape index (κ1) is 11.7. The van der Waals surface area contributed by atoms with Gasteiger partial charge in [-0.05, 0) is 35.4 Å². The van der Waals surface area contributed by atoms with E-state index in [0.29, 0.717) is 0 Å². The minimum absolute atomic E-state index is 0.836. The number of thiophene rings is 1. The molecule has 0 bridgehead atoms. The number of H-pyrrole nitrogens is 1. The quantitative estimate of drug-likeness (QED) is 0.875. The highest BCUT2D eigenvalue weighted by Crippen LogP contribution is 2.13. The number of aromatic nitrogens is 3. The van der Waals surface area contributed by atoms with Crippen molar-refractivity contribution in [3.63, 3.8) is 0 Å². The molecule has 5 nitrogen and oxygen atoms in total. The largest absolute Gasteiger partial charge is 0.338 e. The van der Waals surface area contributed by atoms with Crippen molar-refractivity contribution in [2.24, 2.45) is 0 Å². The van der Waals surface area contributed by atoms with E-state index in [-0.39, 0.29) is 0 Å². The monoisotopic (exact) mass is 263 g/mol. The van der Waals surface area contributed by atoms with Crippen molar-refractivity contribution in [3.05, 3.63) is 28.2 Å². The summed E-state index contributed by atoms with van der Waals surface area (Å²) < 4.78 is 0. The van der Waals surface area contributed by atoms with Crippen LogP contribution in [0, 0.1) is 0 Å². The van der Waals surface area contributed by atoms with Crippen molar-refractivity contribution >= 4 is 17.3 Å². The lowest BCUT2D eigenvalue weighted by molar-refractivity contribution is 0.724. The number of rotatable bonds is 3. The highest BCUT2D eigenvalue weighted by atomic mass is 32.1. The van der Waals surface area contributed by atoms with Crippen molar-refractivity contribution in [1.29, 1.82) is 0 Å². The third kappa shape index (κ3) is 2.70. The molecular weight excluding hydrogens is 246 g/mol. The fourth-order valence-corrected chi connectivity index (χ4v) is 2.81. The van der Waals surface area contributed by atoms with E-state index in [1.54, 1.807) is 11.3 Å². The van der Waals surface area contributed by atoms with E-state index in [4.69, 9.17) is 0 Å². The van der Waals surface area contributed by atoms with Crippen molar-refractivity contribution in [2.75, 3.05) is 31.1 Å². The maximum atomic E-state index is 4.59. The molecule has 0 saturated carbocycles. The Bertz CT molecular complexity index is 470. The first-order chi connectivity index (χ1) is 8.92. The Morgan fingerprint density at radius 3 is 3.22 bits per heavy atom. The Kier molecular flexibility index (Phi) is 3.56. The van der Waals surface area contributed by atoms with Crippen molar-refractivity contribution in [1.82, 2.24) is 20.5 Å². The molecule has 1 fully saturated rings. The topological polar surface area (TPSA) is 56.8 Å². The summed E-state index contributed by atoms with van der Waals surface area (Å²) >= 11 is 1.72. The molecule has 2 aromatic rings. The standard InChI is InChI=1S/C12H17N5S/c1-3-13-4-6-17(5-1)12-14-11(15-16-12)8-10-2-7-18-9-10/h2,7,9,13H,1,3-6,8H2,(H,14,15,16). The molecule has 1 saturated heterocycles. The van der Waals surface area contributed by atoms with Gasteiger partial charge >= 0.3 is 0 Å². The van der Waals surface area contributed by atoms with E-state index in [1.165, 1.54) is 5.56 Å². The van der Waals surface area contributed by atoms with E-state index in [2.05, 4.69) is 42.2 Å². The summed E-state index contributed by atoms with van der Waals surface area (Å²) in [5.41, 5.74) is 1.29. The lowest BCUT2D eigenvalue weighted by Crippen LogP contribution is -2.28. The second kappa shape index (κ2) is 5.49. The third-order valence-electron chi connectivity index (χ3n) is 3.09. The van der Waals surface area contributed by atoms with E-state index in [0.717, 1.165) is 50.8 Å². The van der Waals surface area contributed by atoms with Crippen LogP contribution in [0.15, 0.2) is 16.8 Å². The highest BCUT2D eigenvalue weighted by Gasteiger charge is 2.14. The SMILES string of the molecule is c1cc(Cc2nc(N3CCCNCC3)n[nH]2)cs1. The third-order valence-corrected chi connectivity index (χ3v) is 3.83. The smallest absolute Gasteiger partial charge is 0.244 e. The average molecular weight is 263 g/mol. The first-order valence-corrected chi connectivity index (χ1v) is 7.24. The van der Waals surface area contributed by atoms with Gasteiger partial charge in [0, 0.05) is 26.1 Å². The molecule has 1 aliphatic heterocycles. The van der Waals surface area contributed by atoms with Crippen LogP contribution in [0.5, 0.6) is 0 Å². The van der Waals surface area contributed by atoms with E-state index in [1.807, 2.05) is 0 Å². The maximum Gasteiger partial charge on any atom is 0.244 e. The number of hydrogen-bond acceptors (Lipinski definition) is 5. The van der Waals surface area contributed by atoms with Gasteiger partial charge in [-0.2, -0.15) is 16.3 Å². The second-order valence-corrected chi connectivity index (χ2v) is 5.26. The highest BCUT2D eigenvalue weighted by molar-refractivity contribution is 7.07. The van der Waals surface area contributed by atoms with Crippen LogP contribution in [0.25, 0.3) is 0 Å². The van der Waals surface area contributed by atoms with Gasteiger partial charge in [0.25, 0.3) is 0 Å². The summed E-state index contributed by atoms with van der Waals surface area (Å²) in [5.74, 6) is 1.78. The maximum absolute atomic E-state index is 4.59. The summed E-state index contributed by atoms with van der Waals surface area (Å²) in [4.78, 5) is 6.83. The van der Waals surface area contributed by atoms with Gasteiger partial charge in [-0.15, -0.1) is 5.10 Å². The fourth-order valence-electron chi connectivity index (χ4n) is 2.14. The molecule has 0 aliphatic carbocycles. The van der Waals surface area contributed by atoms with Gasteiger partial charge in [-0.25, -0.2) is 0 Å². The second-order valence-electron chi connectivity index (χ2n) is 4.48. The molecule has 96 valence electrons. The number of hydrogen-bond donors (Lipinski definition) is 2. The minimum atomic E-state index is 0.836. The molecule has 0 atom stereocenters. The number of aromatic amines is 1. The first-order valence-electron chi connectivity index (χ1n) is 6.30. The van der Waals surface area contributed by atoms with Crippen LogP contribution in [0.3, 0.4) is 0 Å². The Labute approximate surface area is 110 Å². The van der Waals surface area contributed by atoms with Crippen LogP contribution in [-0.4, -0.2) is 41.4 Å². The number of anilines is 1. The van der Waals surface area contributed by atoms with Crippen LogP contribution in [-0.2, 0) is 6.42 Å². The lowest BCUT2D eigenvalue weighted by Gasteiger charge is -2.16. The van der Waals surface area contributed by atoms with Crippen LogP contribution < -0.4 is 10.2 Å². The van der Waals surface area contributed by atoms with Gasteiger partial charge in [-0.1, -0.05) is 0 Å². The van der Waals surface area contributed by atoms with Gasteiger partial charge < -0.3 is 10.2 Å². The van der Waals surface area contributed by atoms with Crippen molar-refractivity contribution in [3.8, 4) is 0 Å². The van der Waals surface area contributed by atoms with E-state index in [9.17, 15) is 0 Å². The molecule has 3 rings (SSSR count). The van der Waals surface area contributed by atoms with E-state index < -0.39 is 0 Å². The summed E-state index contributed by atoms with van der Waals surface area (Å²) in [6.07, 6.45) is 1.98. The van der Waals surface area contributed by atoms with Crippen LogP contribution in [0.2, 0.25) is 0 Å². The van der Waals surface area contributed by atoms with Crippen molar-refractivity contribution < 1.29 is 0 Å². The molecule has 0 aromatic carbocycles. The zero-order valence-electron chi connectivity index (χ0n) is 10.2. The fraction of sp³-hybridized carbons (Fsp3) is 0.500. The van der Waals surface area contributed by atoms with E-state index >= 15 is 0 Å². The summed E-state index contributed by atoms with van der Waals surface area (Å²) in [5, 5.41) is 15.0. The number of nitrogens with one attached hydrogen (secondary N) is 2. The lowest BCUT2D eigenvalue weighted by atomic mass is 10.2. The van der Waals surface area contributed by atoms with Crippen LogP contribution in [0.1, 0.15) is 17.8 Å². The summed E-state index contributed by atoms with van der Waals surface area (Å²) in [6.45, 7) is 4.11. The molecule has 3 heterocycles. The van der Waals surface area contributed by atoms with Gasteiger partial charge in [0.1, 0.15) is 5.82 Å². The Morgan fingerprint density at radius 1 is 1.33 bits per heavy atom. The zero-order chi connectivity index (χ0) is 12.2. The summed E-state index contributed by atoms with van der Waals surface area (Å²) in [6, 6.07) is 2.13. The molecule has 0 unspecified atom stereocenters. The van der Waals surface area contributed by atoms with Crippen LogP contribution >= 0.6 is 11.3 Å². The molecule has 0 amide bonds. The minimum Gasteiger partial charge on any atom is -0.338 e. The predicted molar refractivity (Wildman–Crippen MR) is 73.2 cm³/mol. The molecule has 0 spiro atoms. The average Bonchev–Trinajstić information content (AvgIpc) is 2.97. The molecule has 6 heteroatoms. The molecule has 1 aliphatic rings. The molecule has 2 N–H and O–H groups in total. The number of nitrogens with zero attached hydrogens (tertiary/aromatic N) is 3. The van der Waals surface area contributed by atoms with Gasteiger partial charge in [0.05, 0.1) is 0 Å². The zero-order valence-corrected chi connectivity index (χ0v) is 11.0. The van der Waals surface area contributed by atoms with Crippen LogP contribution in [0.4, 0.5) is 5.95 Å². The van der Waals surface area contributed by atoms with Crippen molar-refractivity contribution in [2.45, 2.75) is 12.8 Å². The Hall–Kier alpha value is -1.40. The molecule has 0 radical (unpaired) electrons. The van der Waals surface area contributed by atoms with Gasteiger partial charge in [0.15, 0.2) is 0 Å². The normalized spacial score (nSPS) is 16.8. The Balaban J connectivity index is 1.68.